The highest BCUT2D eigenvalue weighted by atomic mass is 32.2. The van der Waals surface area contributed by atoms with Gasteiger partial charge in [0.25, 0.3) is 15.9 Å². The smallest absolute Gasteiger partial charge is 0.261 e. The summed E-state index contributed by atoms with van der Waals surface area (Å²) in [5.41, 5.74) is 1.01. The standard InChI is InChI=1S/C19H22FN3O3S/c1-13-6-7-17(11-18(13)20)27(25,26)22-15-5-3-4-14(10-15)19(24)23(2)16-8-9-21-12-16/h3-7,10-11,16,21-22H,8-9,12H2,1-2H3. The first-order valence-corrected chi connectivity index (χ1v) is 10.1. The lowest BCUT2D eigenvalue weighted by molar-refractivity contribution is 0.0744. The summed E-state index contributed by atoms with van der Waals surface area (Å²) in [6.07, 6.45) is 0.882. The fourth-order valence-corrected chi connectivity index (χ4v) is 4.07. The first-order valence-electron chi connectivity index (χ1n) is 8.65. The number of sulfonamides is 1. The van der Waals surface area contributed by atoms with Crippen molar-refractivity contribution in [1.29, 1.82) is 0 Å². The second-order valence-corrected chi connectivity index (χ2v) is 8.34. The number of hydrogen-bond acceptors (Lipinski definition) is 4. The van der Waals surface area contributed by atoms with Crippen LogP contribution in [-0.2, 0) is 10.0 Å². The third-order valence-electron chi connectivity index (χ3n) is 4.72. The molecule has 27 heavy (non-hydrogen) atoms. The summed E-state index contributed by atoms with van der Waals surface area (Å²) in [5.74, 6) is -0.764. The van der Waals surface area contributed by atoms with Gasteiger partial charge in [0.05, 0.1) is 4.90 Å². The van der Waals surface area contributed by atoms with Crippen LogP contribution < -0.4 is 10.0 Å². The third-order valence-corrected chi connectivity index (χ3v) is 6.10. The van der Waals surface area contributed by atoms with E-state index in [-0.39, 0.29) is 22.5 Å². The Labute approximate surface area is 158 Å². The molecule has 6 nitrogen and oxygen atoms in total. The Morgan fingerprint density at radius 3 is 2.70 bits per heavy atom. The fourth-order valence-electron chi connectivity index (χ4n) is 3.01. The van der Waals surface area contributed by atoms with E-state index in [0.29, 0.717) is 11.1 Å². The van der Waals surface area contributed by atoms with E-state index in [0.717, 1.165) is 25.6 Å². The van der Waals surface area contributed by atoms with Crippen LogP contribution in [0, 0.1) is 12.7 Å². The second-order valence-electron chi connectivity index (χ2n) is 6.66. The van der Waals surface area contributed by atoms with Crippen molar-refractivity contribution in [3.8, 4) is 0 Å². The largest absolute Gasteiger partial charge is 0.337 e. The number of aryl methyl sites for hydroxylation is 1. The predicted octanol–water partition coefficient (Wildman–Crippen LogP) is 2.37. The van der Waals surface area contributed by atoms with Crippen molar-refractivity contribution >= 4 is 21.6 Å². The fraction of sp³-hybridized carbons (Fsp3) is 0.316. The van der Waals surface area contributed by atoms with E-state index in [9.17, 15) is 17.6 Å². The monoisotopic (exact) mass is 391 g/mol. The van der Waals surface area contributed by atoms with E-state index in [1.807, 2.05) is 0 Å². The lowest BCUT2D eigenvalue weighted by atomic mass is 10.1. The van der Waals surface area contributed by atoms with Gasteiger partial charge in [0, 0.05) is 30.9 Å². The van der Waals surface area contributed by atoms with Crippen molar-refractivity contribution in [1.82, 2.24) is 10.2 Å². The zero-order valence-electron chi connectivity index (χ0n) is 15.2. The lowest BCUT2D eigenvalue weighted by Gasteiger charge is -2.24. The number of anilines is 1. The Morgan fingerprint density at radius 1 is 1.26 bits per heavy atom. The number of benzene rings is 2. The summed E-state index contributed by atoms with van der Waals surface area (Å²) in [6, 6.07) is 10.2. The maximum atomic E-state index is 13.7. The highest BCUT2D eigenvalue weighted by Gasteiger charge is 2.24. The van der Waals surface area contributed by atoms with Gasteiger partial charge in [0.15, 0.2) is 0 Å². The molecule has 1 aliphatic heterocycles. The zero-order valence-corrected chi connectivity index (χ0v) is 16.0. The first-order chi connectivity index (χ1) is 12.8. The molecule has 1 saturated heterocycles. The van der Waals surface area contributed by atoms with Gasteiger partial charge in [-0.05, 0) is 55.8 Å². The molecular weight excluding hydrogens is 369 g/mol. The molecule has 1 fully saturated rings. The van der Waals surface area contributed by atoms with E-state index >= 15 is 0 Å². The summed E-state index contributed by atoms with van der Waals surface area (Å²) in [6.45, 7) is 3.17. The number of halogens is 1. The van der Waals surface area contributed by atoms with Gasteiger partial charge in [-0.1, -0.05) is 12.1 Å². The average molecular weight is 391 g/mol. The quantitative estimate of drug-likeness (QED) is 0.820. The molecule has 0 radical (unpaired) electrons. The SMILES string of the molecule is Cc1ccc(S(=O)(=O)Nc2cccc(C(=O)N(C)C3CCNC3)c2)cc1F. The van der Waals surface area contributed by atoms with Crippen LogP contribution in [0.4, 0.5) is 10.1 Å². The number of nitrogens with zero attached hydrogens (tertiary/aromatic N) is 1. The minimum atomic E-state index is -3.96. The molecule has 0 bridgehead atoms. The van der Waals surface area contributed by atoms with E-state index in [1.165, 1.54) is 18.2 Å². The highest BCUT2D eigenvalue weighted by molar-refractivity contribution is 7.92. The Kier molecular flexibility index (Phi) is 5.48. The number of likely N-dealkylation sites (N-methyl/N-ethyl adjacent to an activating group) is 1. The van der Waals surface area contributed by atoms with Crippen LogP contribution in [0.15, 0.2) is 47.4 Å². The molecule has 2 aromatic rings. The molecule has 1 aliphatic rings. The number of carbonyl (C=O) groups excluding carboxylic acids is 1. The Bertz CT molecular complexity index is 956. The van der Waals surface area contributed by atoms with Gasteiger partial charge in [0.1, 0.15) is 5.82 Å². The third kappa shape index (κ3) is 4.28. The topological polar surface area (TPSA) is 78.5 Å². The summed E-state index contributed by atoms with van der Waals surface area (Å²) >= 11 is 0. The van der Waals surface area contributed by atoms with Crippen LogP contribution in [0.25, 0.3) is 0 Å². The van der Waals surface area contributed by atoms with Gasteiger partial charge in [-0.15, -0.1) is 0 Å². The molecule has 0 aliphatic carbocycles. The van der Waals surface area contributed by atoms with Crippen LogP contribution in [-0.4, -0.2) is 45.4 Å². The van der Waals surface area contributed by atoms with E-state index in [2.05, 4.69) is 10.0 Å². The molecule has 1 unspecified atom stereocenters. The number of amides is 1. The molecule has 1 heterocycles. The molecule has 1 amide bonds. The predicted molar refractivity (Wildman–Crippen MR) is 102 cm³/mol. The van der Waals surface area contributed by atoms with E-state index in [4.69, 9.17) is 0 Å². The molecule has 144 valence electrons. The van der Waals surface area contributed by atoms with Gasteiger partial charge in [-0.2, -0.15) is 0 Å². The normalized spacial score (nSPS) is 16.9. The van der Waals surface area contributed by atoms with Gasteiger partial charge < -0.3 is 10.2 Å². The van der Waals surface area contributed by atoms with Crippen molar-refractivity contribution in [3.63, 3.8) is 0 Å². The van der Waals surface area contributed by atoms with Gasteiger partial charge in [-0.25, -0.2) is 12.8 Å². The number of hydrogen-bond donors (Lipinski definition) is 2. The van der Waals surface area contributed by atoms with Gasteiger partial charge >= 0.3 is 0 Å². The number of nitrogens with one attached hydrogen (secondary N) is 2. The van der Waals surface area contributed by atoms with Crippen LogP contribution in [0.5, 0.6) is 0 Å². The zero-order chi connectivity index (χ0) is 19.6. The van der Waals surface area contributed by atoms with Crippen LogP contribution in [0.3, 0.4) is 0 Å². The van der Waals surface area contributed by atoms with Crippen molar-refractivity contribution < 1.29 is 17.6 Å². The lowest BCUT2D eigenvalue weighted by Crippen LogP contribution is -2.38. The van der Waals surface area contributed by atoms with Crippen molar-refractivity contribution in [2.75, 3.05) is 24.9 Å². The minimum Gasteiger partial charge on any atom is -0.337 e. The first kappa shape index (κ1) is 19.3. The van der Waals surface area contributed by atoms with Crippen LogP contribution in [0.2, 0.25) is 0 Å². The van der Waals surface area contributed by atoms with Crippen LogP contribution >= 0.6 is 0 Å². The molecule has 3 rings (SSSR count). The Morgan fingerprint density at radius 2 is 2.04 bits per heavy atom. The summed E-state index contributed by atoms with van der Waals surface area (Å²) < 4.78 is 41.1. The summed E-state index contributed by atoms with van der Waals surface area (Å²) in [4.78, 5) is 14.2. The molecule has 0 saturated carbocycles. The van der Waals surface area contributed by atoms with Gasteiger partial charge in [0.2, 0.25) is 0 Å². The molecule has 1 atom stereocenters. The van der Waals surface area contributed by atoms with E-state index < -0.39 is 15.8 Å². The average Bonchev–Trinajstić information content (AvgIpc) is 3.17. The Hall–Kier alpha value is -2.45. The molecule has 0 spiro atoms. The highest BCUT2D eigenvalue weighted by Crippen LogP contribution is 2.20. The number of rotatable bonds is 5. The summed E-state index contributed by atoms with van der Waals surface area (Å²) in [7, 11) is -2.21. The number of carbonyl (C=O) groups is 1. The second kappa shape index (κ2) is 7.66. The minimum absolute atomic E-state index is 0.119. The molecular formula is C19H22FN3O3S. The maximum absolute atomic E-state index is 13.7. The maximum Gasteiger partial charge on any atom is 0.261 e. The van der Waals surface area contributed by atoms with E-state index in [1.54, 1.807) is 37.1 Å². The Balaban J connectivity index is 1.80. The van der Waals surface area contributed by atoms with Gasteiger partial charge in [-0.3, -0.25) is 9.52 Å². The molecule has 0 aromatic heterocycles. The van der Waals surface area contributed by atoms with Crippen LogP contribution in [0.1, 0.15) is 22.3 Å². The molecule has 2 aromatic carbocycles. The van der Waals surface area contributed by atoms with Crippen molar-refractivity contribution in [3.05, 3.63) is 59.4 Å². The van der Waals surface area contributed by atoms with Crippen molar-refractivity contribution in [2.45, 2.75) is 24.3 Å². The van der Waals surface area contributed by atoms with Crippen molar-refractivity contribution in [2.24, 2.45) is 0 Å². The molecule has 8 heteroatoms. The summed E-state index contributed by atoms with van der Waals surface area (Å²) in [5, 5.41) is 3.21. The molecule has 2 N–H and O–H groups in total.